The van der Waals surface area contributed by atoms with E-state index in [1.807, 2.05) is 0 Å². The van der Waals surface area contributed by atoms with Crippen molar-refractivity contribution in [1.82, 2.24) is 9.78 Å². The number of nitrogens with zero attached hydrogens (tertiary/aromatic N) is 3. The Hall–Kier alpha value is -3.55. The minimum Gasteiger partial charge on any atom is -0.478 e. The lowest BCUT2D eigenvalue weighted by molar-refractivity contribution is 0.0428. The molecule has 1 aromatic heterocycles. The Balaban J connectivity index is 1.68. The molecule has 1 N–H and O–H groups in total. The maximum absolute atomic E-state index is 14.8. The highest BCUT2D eigenvalue weighted by atomic mass is 19.3. The molecule has 0 radical (unpaired) electrons. The average molecular weight is 397 g/mol. The summed E-state index contributed by atoms with van der Waals surface area (Å²) < 4.78 is 30.9. The number of benzene rings is 2. The van der Waals surface area contributed by atoms with Crippen LogP contribution in [0.2, 0.25) is 0 Å². The van der Waals surface area contributed by atoms with Crippen LogP contribution in [-0.4, -0.2) is 32.8 Å². The molecular formula is C21H17F2N3O3. The number of rotatable bonds is 4. The van der Waals surface area contributed by atoms with Gasteiger partial charge in [0.25, 0.3) is 11.8 Å². The van der Waals surface area contributed by atoms with Gasteiger partial charge in [-0.15, -0.1) is 0 Å². The topological polar surface area (TPSA) is 75.4 Å². The van der Waals surface area contributed by atoms with Crippen LogP contribution in [0.15, 0.2) is 60.8 Å². The van der Waals surface area contributed by atoms with Crippen molar-refractivity contribution in [2.75, 3.05) is 4.90 Å². The van der Waals surface area contributed by atoms with E-state index in [4.69, 9.17) is 0 Å². The van der Waals surface area contributed by atoms with Crippen molar-refractivity contribution in [3.05, 3.63) is 83.2 Å². The fourth-order valence-corrected chi connectivity index (χ4v) is 3.57. The highest BCUT2D eigenvalue weighted by Gasteiger charge is 2.37. The van der Waals surface area contributed by atoms with Gasteiger partial charge >= 0.3 is 5.97 Å². The predicted octanol–water partition coefficient (Wildman–Crippen LogP) is 3.77. The molecule has 1 amide bonds. The summed E-state index contributed by atoms with van der Waals surface area (Å²) in [5.74, 6) is -4.94. The van der Waals surface area contributed by atoms with E-state index in [2.05, 4.69) is 5.10 Å². The van der Waals surface area contributed by atoms with Crippen LogP contribution in [0.25, 0.3) is 0 Å². The van der Waals surface area contributed by atoms with E-state index in [0.717, 1.165) is 6.20 Å². The molecule has 8 heteroatoms. The lowest BCUT2D eigenvalue weighted by Crippen LogP contribution is -2.47. The Morgan fingerprint density at radius 1 is 1.10 bits per heavy atom. The minimum atomic E-state index is -3.17. The summed E-state index contributed by atoms with van der Waals surface area (Å²) >= 11 is 0. The van der Waals surface area contributed by atoms with Crippen LogP contribution in [0.4, 0.5) is 14.5 Å². The van der Waals surface area contributed by atoms with E-state index in [-0.39, 0.29) is 28.4 Å². The maximum Gasteiger partial charge on any atom is 0.339 e. The van der Waals surface area contributed by atoms with E-state index < -0.39 is 17.8 Å². The highest BCUT2D eigenvalue weighted by Crippen LogP contribution is 2.37. The number of alkyl halides is 2. The molecular weight excluding hydrogens is 380 g/mol. The Morgan fingerprint density at radius 2 is 1.72 bits per heavy atom. The van der Waals surface area contributed by atoms with Crippen molar-refractivity contribution < 1.29 is 23.5 Å². The van der Waals surface area contributed by atoms with Gasteiger partial charge in [-0.25, -0.2) is 4.79 Å². The quantitative estimate of drug-likeness (QED) is 0.727. The third kappa shape index (κ3) is 3.06. The van der Waals surface area contributed by atoms with Crippen LogP contribution < -0.4 is 4.90 Å². The molecule has 3 aromatic rings. The SMILES string of the molecule is C[C@H]1Cn2ncc(C(=O)O)c2C(=O)N1c1ccc(C(F)(F)c2ccccc2)cc1. The summed E-state index contributed by atoms with van der Waals surface area (Å²) in [5, 5.41) is 13.3. The highest BCUT2D eigenvalue weighted by molar-refractivity contribution is 6.11. The molecule has 1 atom stereocenters. The number of carboxylic acids is 1. The third-order valence-electron chi connectivity index (χ3n) is 5.01. The molecule has 0 unspecified atom stereocenters. The standard InChI is InChI=1S/C21H17F2N3O3/c1-13-12-25-18(17(11-24-25)20(28)29)19(27)26(13)16-9-7-15(8-10-16)21(22,23)14-5-3-2-4-6-14/h2-11,13H,12H2,1H3,(H,28,29)/t13-/m0/s1. The van der Waals surface area contributed by atoms with Crippen LogP contribution in [-0.2, 0) is 12.5 Å². The minimum absolute atomic E-state index is 0.0192. The molecule has 0 aliphatic carbocycles. The normalized spacial score (nSPS) is 16.6. The van der Waals surface area contributed by atoms with Crippen LogP contribution in [0.1, 0.15) is 38.9 Å². The Labute approximate surface area is 165 Å². The van der Waals surface area contributed by atoms with Gasteiger partial charge in [-0.3, -0.25) is 9.48 Å². The zero-order valence-corrected chi connectivity index (χ0v) is 15.4. The molecule has 0 saturated heterocycles. The first-order valence-electron chi connectivity index (χ1n) is 8.97. The summed E-state index contributed by atoms with van der Waals surface area (Å²) in [6.45, 7) is 2.09. The first-order chi connectivity index (χ1) is 13.8. The second kappa shape index (κ2) is 6.80. The zero-order valence-electron chi connectivity index (χ0n) is 15.4. The van der Waals surface area contributed by atoms with Gasteiger partial charge in [0.15, 0.2) is 0 Å². The number of anilines is 1. The number of fused-ring (bicyclic) bond motifs is 1. The van der Waals surface area contributed by atoms with E-state index >= 15 is 0 Å². The molecule has 4 rings (SSSR count). The zero-order chi connectivity index (χ0) is 20.8. The van der Waals surface area contributed by atoms with Gasteiger partial charge in [-0.2, -0.15) is 13.9 Å². The van der Waals surface area contributed by atoms with Gasteiger partial charge in [0.2, 0.25) is 0 Å². The molecule has 0 saturated carbocycles. The Kier molecular flexibility index (Phi) is 4.41. The Bertz CT molecular complexity index is 1080. The monoisotopic (exact) mass is 397 g/mol. The van der Waals surface area contributed by atoms with Crippen molar-refractivity contribution in [3.8, 4) is 0 Å². The smallest absolute Gasteiger partial charge is 0.339 e. The van der Waals surface area contributed by atoms with Gasteiger partial charge in [0.1, 0.15) is 11.3 Å². The summed E-state index contributed by atoms with van der Waals surface area (Å²) in [4.78, 5) is 25.8. The number of carbonyl (C=O) groups is 2. The molecule has 29 heavy (non-hydrogen) atoms. The second-order valence-electron chi connectivity index (χ2n) is 6.91. The van der Waals surface area contributed by atoms with Crippen LogP contribution in [0, 0.1) is 0 Å². The molecule has 2 aromatic carbocycles. The third-order valence-corrected chi connectivity index (χ3v) is 5.01. The predicted molar refractivity (Wildman–Crippen MR) is 101 cm³/mol. The number of hydrogen-bond donors (Lipinski definition) is 1. The van der Waals surface area contributed by atoms with Gasteiger partial charge in [0.05, 0.1) is 18.8 Å². The van der Waals surface area contributed by atoms with Crippen LogP contribution in [0.3, 0.4) is 0 Å². The molecule has 1 aliphatic heterocycles. The fourth-order valence-electron chi connectivity index (χ4n) is 3.57. The largest absolute Gasteiger partial charge is 0.478 e. The van der Waals surface area contributed by atoms with Gasteiger partial charge in [-0.1, -0.05) is 42.5 Å². The summed E-state index contributed by atoms with van der Waals surface area (Å²) in [6.07, 6.45) is 1.15. The van der Waals surface area contributed by atoms with Crippen molar-refractivity contribution in [3.63, 3.8) is 0 Å². The van der Waals surface area contributed by atoms with E-state index in [9.17, 15) is 23.5 Å². The maximum atomic E-state index is 14.8. The first kappa shape index (κ1) is 18.8. The average Bonchev–Trinajstić information content (AvgIpc) is 3.13. The molecule has 2 heterocycles. The van der Waals surface area contributed by atoms with Crippen molar-refractivity contribution in [2.45, 2.75) is 25.4 Å². The van der Waals surface area contributed by atoms with E-state index in [1.165, 1.54) is 46.0 Å². The molecule has 148 valence electrons. The van der Waals surface area contributed by atoms with Crippen molar-refractivity contribution in [1.29, 1.82) is 0 Å². The van der Waals surface area contributed by atoms with Crippen LogP contribution in [0.5, 0.6) is 0 Å². The molecule has 0 fully saturated rings. The van der Waals surface area contributed by atoms with E-state index in [0.29, 0.717) is 12.2 Å². The summed E-state index contributed by atoms with van der Waals surface area (Å²) in [5.41, 5.74) is -0.0988. The number of amides is 1. The number of aromatic nitrogens is 2. The molecule has 0 spiro atoms. The number of carbonyl (C=O) groups excluding carboxylic acids is 1. The molecule has 1 aliphatic rings. The number of carboxylic acid groups (broad SMARTS) is 1. The molecule has 0 bridgehead atoms. The lowest BCUT2D eigenvalue weighted by atomic mass is 9.99. The first-order valence-corrected chi connectivity index (χ1v) is 8.97. The number of hydrogen-bond acceptors (Lipinski definition) is 3. The lowest BCUT2D eigenvalue weighted by Gasteiger charge is -2.34. The Morgan fingerprint density at radius 3 is 2.34 bits per heavy atom. The van der Waals surface area contributed by atoms with E-state index in [1.54, 1.807) is 25.1 Å². The van der Waals surface area contributed by atoms with Crippen molar-refractivity contribution in [2.24, 2.45) is 0 Å². The fraction of sp³-hybridized carbons (Fsp3) is 0.190. The van der Waals surface area contributed by atoms with Gasteiger partial charge < -0.3 is 10.0 Å². The summed E-state index contributed by atoms with van der Waals surface area (Å²) in [7, 11) is 0. The van der Waals surface area contributed by atoms with Crippen molar-refractivity contribution >= 4 is 17.6 Å². The van der Waals surface area contributed by atoms with Gasteiger partial charge in [-0.05, 0) is 19.1 Å². The molecule has 6 nitrogen and oxygen atoms in total. The number of halogens is 2. The second-order valence-corrected chi connectivity index (χ2v) is 6.91. The number of aromatic carboxylic acids is 1. The van der Waals surface area contributed by atoms with Gasteiger partial charge in [0, 0.05) is 16.8 Å². The van der Waals surface area contributed by atoms with Crippen LogP contribution >= 0.6 is 0 Å². The summed E-state index contributed by atoms with van der Waals surface area (Å²) in [6, 6.07) is 12.6.